The Morgan fingerprint density at radius 1 is 1.13 bits per heavy atom. The first kappa shape index (κ1) is 26.3. The van der Waals surface area contributed by atoms with Crippen LogP contribution in [0.1, 0.15) is 58.9 Å². The molecule has 0 aliphatic carbocycles. The second kappa shape index (κ2) is 13.5. The maximum atomic E-state index is 11.9. The van der Waals surface area contributed by atoms with Gasteiger partial charge in [0.2, 0.25) is 0 Å². The van der Waals surface area contributed by atoms with Crippen LogP contribution in [-0.4, -0.2) is 40.1 Å². The molecule has 1 aromatic carbocycles. The standard InChI is InChI=1S/C20H32N2O3S5/c1-5-7-12-21(13-8-6-2)27-29-30-28-26-15-22(19(23)24)17-11-9-10-16-14-20(3,4)25-18(16)17/h9-11H,5-8,12-15H2,1-4H3,(H,23,24). The molecule has 10 heteroatoms. The summed E-state index contributed by atoms with van der Waals surface area (Å²) in [5.74, 6) is 1.06. The quantitative estimate of drug-likeness (QED) is 0.117. The highest BCUT2D eigenvalue weighted by molar-refractivity contribution is 9.35. The number of unbranched alkanes of at least 4 members (excludes halogenated alkanes) is 2. The Kier molecular flexibility index (Phi) is 11.8. The van der Waals surface area contributed by atoms with Gasteiger partial charge in [0.25, 0.3) is 0 Å². The van der Waals surface area contributed by atoms with Crippen molar-refractivity contribution in [1.29, 1.82) is 0 Å². The molecular formula is C20H32N2O3S5. The number of carboxylic acid groups (broad SMARTS) is 1. The van der Waals surface area contributed by atoms with Crippen molar-refractivity contribution in [1.82, 2.24) is 4.31 Å². The molecule has 0 fully saturated rings. The van der Waals surface area contributed by atoms with Crippen molar-refractivity contribution < 1.29 is 14.6 Å². The van der Waals surface area contributed by atoms with Crippen molar-refractivity contribution in [2.45, 2.75) is 65.4 Å². The van der Waals surface area contributed by atoms with Gasteiger partial charge in [-0.15, -0.1) is 0 Å². The van der Waals surface area contributed by atoms with Crippen molar-refractivity contribution in [3.63, 3.8) is 0 Å². The zero-order valence-electron chi connectivity index (χ0n) is 18.1. The largest absolute Gasteiger partial charge is 0.485 e. The van der Waals surface area contributed by atoms with E-state index in [0.717, 1.165) is 25.1 Å². The molecule has 170 valence electrons. The van der Waals surface area contributed by atoms with Crippen LogP contribution in [0, 0.1) is 0 Å². The highest BCUT2D eigenvalue weighted by atomic mass is 33.8. The average Bonchev–Trinajstić information content (AvgIpc) is 3.02. The summed E-state index contributed by atoms with van der Waals surface area (Å²) in [5.41, 5.74) is 1.41. The summed E-state index contributed by atoms with van der Waals surface area (Å²) >= 11 is 0. The van der Waals surface area contributed by atoms with Crippen LogP contribution in [-0.2, 0) is 6.42 Å². The van der Waals surface area contributed by atoms with Gasteiger partial charge in [-0.2, -0.15) is 0 Å². The van der Waals surface area contributed by atoms with Crippen LogP contribution in [0.4, 0.5) is 10.5 Å². The summed E-state index contributed by atoms with van der Waals surface area (Å²) in [4.78, 5) is 13.3. The van der Waals surface area contributed by atoms with E-state index in [-0.39, 0.29) is 5.60 Å². The van der Waals surface area contributed by atoms with Gasteiger partial charge in [-0.05, 0) is 52.4 Å². The van der Waals surface area contributed by atoms with Crippen LogP contribution in [0.15, 0.2) is 18.2 Å². The molecule has 0 bridgehead atoms. The van der Waals surface area contributed by atoms with Gasteiger partial charge in [-0.1, -0.05) is 49.6 Å². The molecule has 1 aliphatic rings. The average molecular weight is 509 g/mol. The molecule has 30 heavy (non-hydrogen) atoms. The molecule has 1 aromatic rings. The Balaban J connectivity index is 1.80. The minimum Gasteiger partial charge on any atom is -0.485 e. The number of carbonyl (C=O) groups is 1. The number of ether oxygens (including phenoxy) is 1. The topological polar surface area (TPSA) is 53.0 Å². The number of hydrogen-bond acceptors (Lipinski definition) is 8. The molecule has 1 amide bonds. The molecule has 1 aliphatic heterocycles. The zero-order chi connectivity index (χ0) is 22.0. The molecule has 0 saturated heterocycles. The van der Waals surface area contributed by atoms with E-state index in [1.165, 1.54) is 41.4 Å². The van der Waals surface area contributed by atoms with Crippen LogP contribution in [0.5, 0.6) is 5.75 Å². The smallest absolute Gasteiger partial charge is 0.412 e. The minimum atomic E-state index is -0.956. The molecule has 0 radical (unpaired) electrons. The minimum absolute atomic E-state index is 0.296. The maximum Gasteiger partial charge on any atom is 0.412 e. The molecule has 0 unspecified atom stereocenters. The van der Waals surface area contributed by atoms with E-state index in [1.807, 2.05) is 43.0 Å². The summed E-state index contributed by atoms with van der Waals surface area (Å²) in [6.07, 6.45) is 4.70. The first-order valence-electron chi connectivity index (χ1n) is 10.2. The van der Waals surface area contributed by atoms with E-state index >= 15 is 0 Å². The van der Waals surface area contributed by atoms with Gasteiger partial charge in [0.15, 0.2) is 0 Å². The Hall–Kier alpha value is -0.0000000000000000555. The van der Waals surface area contributed by atoms with Crippen molar-refractivity contribution in [3.05, 3.63) is 23.8 Å². The number of amides is 1. The van der Waals surface area contributed by atoms with Gasteiger partial charge in [0.1, 0.15) is 11.4 Å². The molecule has 0 spiro atoms. The van der Waals surface area contributed by atoms with Gasteiger partial charge >= 0.3 is 6.09 Å². The lowest BCUT2D eigenvalue weighted by atomic mass is 10.0. The predicted molar refractivity (Wildman–Crippen MR) is 140 cm³/mol. The summed E-state index contributed by atoms with van der Waals surface area (Å²) < 4.78 is 8.49. The molecule has 5 nitrogen and oxygen atoms in total. The second-order valence-electron chi connectivity index (χ2n) is 7.68. The summed E-state index contributed by atoms with van der Waals surface area (Å²) in [6, 6.07) is 5.76. The number of para-hydroxylation sites is 1. The fourth-order valence-electron chi connectivity index (χ4n) is 3.06. The van der Waals surface area contributed by atoms with Gasteiger partial charge < -0.3 is 9.84 Å². The van der Waals surface area contributed by atoms with Crippen LogP contribution in [0.3, 0.4) is 0 Å². The number of hydrogen-bond donors (Lipinski definition) is 1. The summed E-state index contributed by atoms with van der Waals surface area (Å²) in [6.45, 7) is 10.7. The highest BCUT2D eigenvalue weighted by Gasteiger charge is 2.34. The van der Waals surface area contributed by atoms with Crippen molar-refractivity contribution in [3.8, 4) is 5.75 Å². The number of nitrogens with zero attached hydrogens (tertiary/aromatic N) is 2. The third kappa shape index (κ3) is 8.50. The van der Waals surface area contributed by atoms with E-state index in [4.69, 9.17) is 4.74 Å². The Labute approximate surface area is 199 Å². The van der Waals surface area contributed by atoms with Gasteiger partial charge in [0, 0.05) is 45.9 Å². The van der Waals surface area contributed by atoms with Crippen LogP contribution in [0.2, 0.25) is 0 Å². The third-order valence-corrected chi connectivity index (χ3v) is 12.9. The lowest BCUT2D eigenvalue weighted by Crippen LogP contribution is -2.29. The normalized spacial score (nSPS) is 14.6. The Bertz CT molecular complexity index is 670. The lowest BCUT2D eigenvalue weighted by molar-refractivity contribution is 0.138. The van der Waals surface area contributed by atoms with Gasteiger partial charge in [-0.3, -0.25) is 4.90 Å². The SMILES string of the molecule is CCCCN(CCCC)SSSSSCN(C(=O)O)c1cccc2c1OC(C)(C)C2. The van der Waals surface area contributed by atoms with Crippen LogP contribution in [0.25, 0.3) is 0 Å². The molecule has 0 saturated carbocycles. The molecule has 1 N–H and O–H groups in total. The van der Waals surface area contributed by atoms with Gasteiger partial charge in [0.05, 0.1) is 11.6 Å². The first-order valence-corrected chi connectivity index (χ1v) is 16.5. The Morgan fingerprint density at radius 2 is 1.83 bits per heavy atom. The number of anilines is 1. The first-order chi connectivity index (χ1) is 14.4. The van der Waals surface area contributed by atoms with Crippen LogP contribution < -0.4 is 9.64 Å². The third-order valence-electron chi connectivity index (χ3n) is 4.54. The highest BCUT2D eigenvalue weighted by Crippen LogP contribution is 2.50. The number of rotatable bonds is 14. The maximum absolute atomic E-state index is 11.9. The Morgan fingerprint density at radius 3 is 2.47 bits per heavy atom. The van der Waals surface area contributed by atoms with E-state index in [0.29, 0.717) is 17.3 Å². The molecule has 0 atom stereocenters. The monoisotopic (exact) mass is 508 g/mol. The number of benzene rings is 1. The molecule has 1 heterocycles. The second-order valence-corrected chi connectivity index (χ2v) is 15.3. The number of fused-ring (bicyclic) bond motifs is 1. The van der Waals surface area contributed by atoms with Crippen molar-refractivity contribution >= 4 is 63.0 Å². The molecule has 0 aromatic heterocycles. The summed E-state index contributed by atoms with van der Waals surface area (Å²) in [5, 5.41) is 9.75. The van der Waals surface area contributed by atoms with Crippen molar-refractivity contribution in [2.24, 2.45) is 0 Å². The molecule has 2 rings (SSSR count). The van der Waals surface area contributed by atoms with E-state index in [9.17, 15) is 9.90 Å². The fraction of sp³-hybridized carbons (Fsp3) is 0.650. The summed E-state index contributed by atoms with van der Waals surface area (Å²) in [7, 11) is 8.40. The lowest BCUT2D eigenvalue weighted by Gasteiger charge is -2.23. The van der Waals surface area contributed by atoms with E-state index in [2.05, 4.69) is 18.2 Å². The fourth-order valence-corrected chi connectivity index (χ4v) is 11.6. The van der Waals surface area contributed by atoms with E-state index in [1.54, 1.807) is 29.5 Å². The molecular weight excluding hydrogens is 477 g/mol. The predicted octanol–water partition coefficient (Wildman–Crippen LogP) is 7.99. The van der Waals surface area contributed by atoms with Crippen molar-refractivity contribution in [2.75, 3.05) is 23.9 Å². The van der Waals surface area contributed by atoms with E-state index < -0.39 is 6.09 Å². The van der Waals surface area contributed by atoms with Gasteiger partial charge in [-0.25, -0.2) is 9.10 Å². The van der Waals surface area contributed by atoms with Crippen LogP contribution >= 0.6 is 51.3 Å². The zero-order valence-corrected chi connectivity index (χ0v) is 22.2.